The summed E-state index contributed by atoms with van der Waals surface area (Å²) in [4.78, 5) is 24.2. The molecule has 1 unspecified atom stereocenters. The summed E-state index contributed by atoms with van der Waals surface area (Å²) < 4.78 is 14.2. The molecule has 0 saturated heterocycles. The maximum atomic E-state index is 14.2. The van der Waals surface area contributed by atoms with Gasteiger partial charge in [-0.1, -0.05) is 61.9 Å². The van der Waals surface area contributed by atoms with Crippen LogP contribution in [-0.4, -0.2) is 48.8 Å². The molecule has 2 aromatic carbocycles. The second kappa shape index (κ2) is 9.73. The van der Waals surface area contributed by atoms with Crippen LogP contribution in [0.1, 0.15) is 31.7 Å². The number of nitrogens with one attached hydrogen (secondary N) is 1. The summed E-state index contributed by atoms with van der Waals surface area (Å²) >= 11 is 0. The van der Waals surface area contributed by atoms with Crippen LogP contribution in [0.2, 0.25) is 0 Å². The first-order valence-corrected chi connectivity index (χ1v) is 9.59. The number of tetrazole rings is 1. The van der Waals surface area contributed by atoms with Gasteiger partial charge in [0.1, 0.15) is 0 Å². The fourth-order valence-corrected chi connectivity index (χ4v) is 3.09. The molecule has 2 N–H and O–H groups in total. The van der Waals surface area contributed by atoms with E-state index in [1.807, 2.05) is 43.3 Å². The highest BCUT2D eigenvalue weighted by Gasteiger charge is 2.29. The smallest absolute Gasteiger partial charge is 0.359 e. The Morgan fingerprint density at radius 2 is 1.83 bits per heavy atom. The molecular weight excluding hydrogens is 389 g/mol. The van der Waals surface area contributed by atoms with E-state index in [0.717, 1.165) is 28.0 Å². The molecule has 0 aliphatic rings. The lowest BCUT2D eigenvalue weighted by Crippen LogP contribution is -2.41. The number of hydrogen-bond donors (Lipinski definition) is 2. The van der Waals surface area contributed by atoms with E-state index in [1.54, 1.807) is 12.1 Å². The van der Waals surface area contributed by atoms with E-state index in [1.165, 1.54) is 0 Å². The van der Waals surface area contributed by atoms with E-state index < -0.39 is 18.2 Å². The van der Waals surface area contributed by atoms with Crippen molar-refractivity contribution in [1.82, 2.24) is 25.5 Å². The molecule has 1 heterocycles. The van der Waals surface area contributed by atoms with Crippen molar-refractivity contribution < 1.29 is 19.1 Å². The zero-order valence-electron chi connectivity index (χ0n) is 16.5. The zero-order chi connectivity index (χ0) is 21.5. The van der Waals surface area contributed by atoms with Crippen LogP contribution in [0.5, 0.6) is 0 Å². The molecule has 0 aliphatic heterocycles. The van der Waals surface area contributed by atoms with Crippen LogP contribution in [0.25, 0.3) is 22.5 Å². The number of carboxylic acid groups (broad SMARTS) is 1. The molecule has 1 amide bonds. The molecule has 0 saturated carbocycles. The van der Waals surface area contributed by atoms with Crippen molar-refractivity contribution in [2.24, 2.45) is 0 Å². The van der Waals surface area contributed by atoms with Crippen LogP contribution < -0.4 is 0 Å². The minimum absolute atomic E-state index is 0.111. The van der Waals surface area contributed by atoms with Crippen molar-refractivity contribution in [2.45, 2.75) is 39.0 Å². The van der Waals surface area contributed by atoms with Crippen LogP contribution in [-0.2, 0) is 16.1 Å². The van der Waals surface area contributed by atoms with E-state index in [9.17, 15) is 14.0 Å². The molecule has 3 rings (SSSR count). The fourth-order valence-electron chi connectivity index (χ4n) is 3.09. The summed E-state index contributed by atoms with van der Waals surface area (Å²) in [5, 5.41) is 23.1. The lowest BCUT2D eigenvalue weighted by Gasteiger charge is -2.24. The Morgan fingerprint density at radius 3 is 2.43 bits per heavy atom. The molecule has 0 bridgehead atoms. The average molecular weight is 411 g/mol. The molecule has 3 aromatic rings. The first kappa shape index (κ1) is 21.1. The third-order valence-electron chi connectivity index (χ3n) is 4.67. The van der Waals surface area contributed by atoms with Crippen LogP contribution in [0.4, 0.5) is 4.39 Å². The second-order valence-corrected chi connectivity index (χ2v) is 6.78. The molecule has 0 aliphatic carbocycles. The number of alkyl halides is 1. The molecule has 1 aromatic heterocycles. The number of carbonyl (C=O) groups is 2. The van der Waals surface area contributed by atoms with Gasteiger partial charge in [0.15, 0.2) is 0 Å². The number of halogens is 1. The van der Waals surface area contributed by atoms with Gasteiger partial charge in [0.2, 0.25) is 11.7 Å². The normalized spacial score (nSPS) is 11.8. The van der Waals surface area contributed by atoms with Crippen molar-refractivity contribution in [3.8, 4) is 22.5 Å². The van der Waals surface area contributed by atoms with E-state index >= 15 is 0 Å². The summed E-state index contributed by atoms with van der Waals surface area (Å²) in [5.41, 5.74) is 3.18. The number of aliphatic carboxylic acids is 1. The molecule has 9 heteroatoms. The van der Waals surface area contributed by atoms with Gasteiger partial charge in [-0.3, -0.25) is 9.69 Å². The van der Waals surface area contributed by atoms with Gasteiger partial charge in [-0.2, -0.15) is 5.21 Å². The summed E-state index contributed by atoms with van der Waals surface area (Å²) in [6.45, 7) is 1.79. The number of H-pyrrole nitrogens is 1. The van der Waals surface area contributed by atoms with E-state index in [-0.39, 0.29) is 13.0 Å². The highest BCUT2D eigenvalue weighted by Crippen LogP contribution is 2.30. The van der Waals surface area contributed by atoms with Gasteiger partial charge in [0.05, 0.1) is 0 Å². The van der Waals surface area contributed by atoms with Gasteiger partial charge in [-0.15, -0.1) is 10.2 Å². The summed E-state index contributed by atoms with van der Waals surface area (Å²) in [6.07, 6.45) is -0.931. The van der Waals surface area contributed by atoms with Crippen molar-refractivity contribution in [1.29, 1.82) is 0 Å². The zero-order valence-corrected chi connectivity index (χ0v) is 16.5. The van der Waals surface area contributed by atoms with Crippen molar-refractivity contribution in [2.75, 3.05) is 0 Å². The number of nitrogens with zero attached hydrogens (tertiary/aromatic N) is 4. The van der Waals surface area contributed by atoms with Crippen molar-refractivity contribution in [3.63, 3.8) is 0 Å². The number of benzene rings is 2. The quantitative estimate of drug-likeness (QED) is 0.522. The first-order valence-electron chi connectivity index (χ1n) is 9.59. The lowest BCUT2D eigenvalue weighted by molar-refractivity contribution is -0.158. The number of carboxylic acids is 1. The van der Waals surface area contributed by atoms with Gasteiger partial charge < -0.3 is 5.11 Å². The van der Waals surface area contributed by atoms with Crippen LogP contribution >= 0.6 is 0 Å². The Bertz CT molecular complexity index is 992. The van der Waals surface area contributed by atoms with Gasteiger partial charge in [-0.25, -0.2) is 9.18 Å². The molecular formula is C21H22FN5O3. The molecule has 0 radical (unpaired) electrons. The minimum atomic E-state index is -2.38. The lowest BCUT2D eigenvalue weighted by atomic mass is 9.98. The number of unbranched alkanes of at least 4 members (excludes halogenated alkanes) is 1. The van der Waals surface area contributed by atoms with Crippen LogP contribution in [0.15, 0.2) is 48.5 Å². The number of carbonyl (C=O) groups excluding carboxylic acids is 1. The van der Waals surface area contributed by atoms with E-state index in [0.29, 0.717) is 17.8 Å². The Balaban J connectivity index is 1.83. The summed E-state index contributed by atoms with van der Waals surface area (Å²) in [7, 11) is 0. The van der Waals surface area contributed by atoms with Gasteiger partial charge in [-0.05, 0) is 28.3 Å². The second-order valence-electron chi connectivity index (χ2n) is 6.78. The molecule has 156 valence electrons. The highest BCUT2D eigenvalue weighted by molar-refractivity contribution is 5.83. The standard InChI is InChI=1S/C21H22FN5O3/c1-2-3-8-18(28)27(19(22)21(29)30)13-14-9-11-15(12-10-14)16-6-4-5-7-17(16)20-23-25-26-24-20/h4-7,9-12,19H,2-3,8,13H2,1H3,(H,29,30)(H,23,24,25,26). The number of amides is 1. The van der Waals surface area contributed by atoms with Crippen molar-refractivity contribution in [3.05, 3.63) is 54.1 Å². The van der Waals surface area contributed by atoms with Gasteiger partial charge in [0, 0.05) is 18.5 Å². The minimum Gasteiger partial charge on any atom is -0.478 e. The number of hydrogen-bond acceptors (Lipinski definition) is 5. The number of rotatable bonds is 9. The Kier molecular flexibility index (Phi) is 6.84. The highest BCUT2D eigenvalue weighted by atomic mass is 19.1. The fraction of sp³-hybridized carbons (Fsp3) is 0.286. The van der Waals surface area contributed by atoms with Crippen LogP contribution in [0.3, 0.4) is 0 Å². The first-order chi connectivity index (χ1) is 14.5. The molecule has 0 fully saturated rings. The molecule has 1 atom stereocenters. The third kappa shape index (κ3) is 4.86. The van der Waals surface area contributed by atoms with Gasteiger partial charge in [0.25, 0.3) is 6.30 Å². The predicted octanol–water partition coefficient (Wildman–Crippen LogP) is 3.43. The Labute approximate surface area is 172 Å². The van der Waals surface area contributed by atoms with Gasteiger partial charge >= 0.3 is 5.97 Å². The van der Waals surface area contributed by atoms with Crippen molar-refractivity contribution >= 4 is 11.9 Å². The number of aromatic amines is 1. The molecule has 8 nitrogen and oxygen atoms in total. The number of aromatic nitrogens is 4. The van der Waals surface area contributed by atoms with E-state index in [4.69, 9.17) is 5.11 Å². The molecule has 0 spiro atoms. The molecule has 30 heavy (non-hydrogen) atoms. The average Bonchev–Trinajstić information content (AvgIpc) is 3.30. The monoisotopic (exact) mass is 411 g/mol. The maximum absolute atomic E-state index is 14.2. The Morgan fingerprint density at radius 1 is 1.13 bits per heavy atom. The maximum Gasteiger partial charge on any atom is 0.359 e. The van der Waals surface area contributed by atoms with E-state index in [2.05, 4.69) is 20.6 Å². The van der Waals surface area contributed by atoms with Crippen LogP contribution in [0, 0.1) is 0 Å². The third-order valence-corrected chi connectivity index (χ3v) is 4.67. The topological polar surface area (TPSA) is 112 Å². The predicted molar refractivity (Wildman–Crippen MR) is 108 cm³/mol. The SMILES string of the molecule is CCCCC(=O)N(Cc1ccc(-c2ccccc2-c2nn[nH]n2)cc1)C(F)C(=O)O. The summed E-state index contributed by atoms with van der Waals surface area (Å²) in [6, 6.07) is 14.7. The Hall–Kier alpha value is -3.62. The summed E-state index contributed by atoms with van der Waals surface area (Å²) in [5.74, 6) is -1.73. The largest absolute Gasteiger partial charge is 0.478 e.